The van der Waals surface area contributed by atoms with Crippen LogP contribution >= 0.6 is 11.6 Å². The average Bonchev–Trinajstić information content (AvgIpc) is 3.78. The van der Waals surface area contributed by atoms with Crippen LogP contribution in [0.15, 0.2) is 58.4 Å². The van der Waals surface area contributed by atoms with Gasteiger partial charge in [0, 0.05) is 35.3 Å². The Bertz CT molecular complexity index is 1740. The maximum atomic E-state index is 15.2. The molecule has 0 radical (unpaired) electrons. The van der Waals surface area contributed by atoms with Crippen LogP contribution in [0.3, 0.4) is 0 Å². The fourth-order valence-corrected chi connectivity index (χ4v) is 7.00. The number of nitrogens with two attached hydrogens (primary N) is 2. The van der Waals surface area contributed by atoms with Crippen LogP contribution in [-0.2, 0) is 6.42 Å². The quantitative estimate of drug-likeness (QED) is 0.110. The highest BCUT2D eigenvalue weighted by Crippen LogP contribution is 2.35. The molecule has 6 rings (SSSR count). The van der Waals surface area contributed by atoms with E-state index in [1.54, 1.807) is 12.3 Å². The van der Waals surface area contributed by atoms with Crippen molar-refractivity contribution >= 4 is 28.5 Å². The standard InChI is InChI=1S/C35H43ClFN7O/c1-20(40-21(2)38)15-26-6-4-8-31(41-26)24-11-13-27(14-12-24)44-19-25-18-32(42-34(25)43-35(44)45)28-16-22(17-29(36)33(28)37)5-3-7-30(39)23-9-10-23/h11-14,16-20,23,26,30-31,41H,3-10,15,39H2,1-2H3,(H2,38,40)(H,42,43,45)/t20-,26-,30?,31-/m0/s1. The first-order valence-electron chi connectivity index (χ1n) is 16.2. The van der Waals surface area contributed by atoms with Gasteiger partial charge in [-0.1, -0.05) is 30.2 Å². The number of amidine groups is 1. The Morgan fingerprint density at radius 1 is 1.18 bits per heavy atom. The van der Waals surface area contributed by atoms with E-state index >= 15 is 4.39 Å². The second-order valence-corrected chi connectivity index (χ2v) is 13.4. The number of nitrogens with one attached hydrogen (secondary N) is 2. The molecule has 1 saturated heterocycles. The summed E-state index contributed by atoms with van der Waals surface area (Å²) in [6, 6.07) is 14.4. The molecule has 2 aromatic carbocycles. The molecule has 45 heavy (non-hydrogen) atoms. The molecule has 2 aliphatic rings. The summed E-state index contributed by atoms with van der Waals surface area (Å²) in [6.45, 7) is 3.93. The fraction of sp³-hybridized carbons (Fsp3) is 0.457. The molecule has 8 nitrogen and oxygen atoms in total. The first-order valence-corrected chi connectivity index (χ1v) is 16.5. The molecule has 0 spiro atoms. The smallest absolute Gasteiger partial charge is 0.354 e. The zero-order valence-corrected chi connectivity index (χ0v) is 26.8. The highest BCUT2D eigenvalue weighted by Gasteiger charge is 2.28. The number of aryl methyl sites for hydroxylation is 1. The molecule has 6 N–H and O–H groups in total. The Kier molecular flexibility index (Phi) is 9.40. The third kappa shape index (κ3) is 7.48. The van der Waals surface area contributed by atoms with E-state index in [0.29, 0.717) is 40.1 Å². The van der Waals surface area contributed by atoms with Crippen LogP contribution in [0.4, 0.5) is 4.39 Å². The lowest BCUT2D eigenvalue weighted by Crippen LogP contribution is -2.38. The summed E-state index contributed by atoms with van der Waals surface area (Å²) in [4.78, 5) is 25.0. The van der Waals surface area contributed by atoms with Crippen LogP contribution in [-0.4, -0.2) is 38.5 Å². The van der Waals surface area contributed by atoms with Crippen molar-refractivity contribution < 1.29 is 4.39 Å². The van der Waals surface area contributed by atoms with Gasteiger partial charge < -0.3 is 21.8 Å². The van der Waals surface area contributed by atoms with Crippen molar-refractivity contribution in [3.05, 3.63) is 81.1 Å². The van der Waals surface area contributed by atoms with Gasteiger partial charge in [0.15, 0.2) is 5.82 Å². The number of benzene rings is 2. The summed E-state index contributed by atoms with van der Waals surface area (Å²) in [6.07, 6.45) is 11.1. The molecule has 4 atom stereocenters. The van der Waals surface area contributed by atoms with Gasteiger partial charge in [-0.05, 0) is 113 Å². The lowest BCUT2D eigenvalue weighted by Gasteiger charge is -2.32. The van der Waals surface area contributed by atoms with Crippen LogP contribution in [0.2, 0.25) is 5.02 Å². The van der Waals surface area contributed by atoms with E-state index in [2.05, 4.69) is 39.3 Å². The molecule has 2 aromatic heterocycles. The van der Waals surface area contributed by atoms with Gasteiger partial charge in [0.25, 0.3) is 0 Å². The van der Waals surface area contributed by atoms with Crippen molar-refractivity contribution in [2.45, 2.75) is 95.8 Å². The Labute approximate surface area is 268 Å². The monoisotopic (exact) mass is 631 g/mol. The van der Waals surface area contributed by atoms with Gasteiger partial charge in [0.05, 0.1) is 28.3 Å². The molecular weight excluding hydrogens is 589 g/mol. The molecule has 1 aliphatic carbocycles. The minimum absolute atomic E-state index is 0.0766. The molecule has 10 heteroatoms. The zero-order chi connectivity index (χ0) is 31.7. The number of hydrogen-bond acceptors (Lipinski definition) is 5. The molecule has 2 fully saturated rings. The van der Waals surface area contributed by atoms with Gasteiger partial charge in [0.2, 0.25) is 0 Å². The normalized spacial score (nSPS) is 20.4. The van der Waals surface area contributed by atoms with E-state index in [4.69, 9.17) is 23.1 Å². The van der Waals surface area contributed by atoms with Crippen molar-refractivity contribution in [2.24, 2.45) is 22.4 Å². The minimum Gasteiger partial charge on any atom is -0.388 e. The maximum Gasteiger partial charge on any atom is 0.354 e. The highest BCUT2D eigenvalue weighted by atomic mass is 35.5. The van der Waals surface area contributed by atoms with Crippen molar-refractivity contribution in [1.29, 1.82) is 0 Å². The van der Waals surface area contributed by atoms with Gasteiger partial charge >= 0.3 is 5.69 Å². The summed E-state index contributed by atoms with van der Waals surface area (Å²) in [5, 5.41) is 4.56. The van der Waals surface area contributed by atoms with Gasteiger partial charge in [0.1, 0.15) is 5.65 Å². The van der Waals surface area contributed by atoms with E-state index in [9.17, 15) is 4.79 Å². The fourth-order valence-electron chi connectivity index (χ4n) is 6.76. The van der Waals surface area contributed by atoms with Gasteiger partial charge in [-0.25, -0.2) is 9.18 Å². The minimum atomic E-state index is -0.497. The zero-order valence-electron chi connectivity index (χ0n) is 26.0. The van der Waals surface area contributed by atoms with Crippen LogP contribution in [0.25, 0.3) is 28.0 Å². The predicted octanol–water partition coefficient (Wildman–Crippen LogP) is 6.57. The summed E-state index contributed by atoms with van der Waals surface area (Å²) >= 11 is 6.32. The highest BCUT2D eigenvalue weighted by molar-refractivity contribution is 6.31. The van der Waals surface area contributed by atoms with Crippen molar-refractivity contribution in [1.82, 2.24) is 19.9 Å². The number of aromatic amines is 1. The van der Waals surface area contributed by atoms with E-state index in [-0.39, 0.29) is 23.1 Å². The third-order valence-corrected chi connectivity index (χ3v) is 9.50. The number of aliphatic imine (C=N–C) groups is 1. The molecular formula is C35H43ClFN7O. The van der Waals surface area contributed by atoms with Gasteiger partial charge in [-0.3, -0.25) is 9.56 Å². The Morgan fingerprint density at radius 3 is 2.69 bits per heavy atom. The number of rotatable bonds is 11. The molecule has 238 valence electrons. The molecule has 1 saturated carbocycles. The van der Waals surface area contributed by atoms with E-state index in [1.165, 1.54) is 23.0 Å². The summed E-state index contributed by atoms with van der Waals surface area (Å²) in [5.74, 6) is 0.777. The second-order valence-electron chi connectivity index (χ2n) is 13.0. The van der Waals surface area contributed by atoms with Crippen molar-refractivity contribution in [2.75, 3.05) is 0 Å². The largest absolute Gasteiger partial charge is 0.388 e. The van der Waals surface area contributed by atoms with E-state index in [1.807, 2.05) is 31.2 Å². The van der Waals surface area contributed by atoms with Crippen LogP contribution in [0.5, 0.6) is 0 Å². The first kappa shape index (κ1) is 31.5. The Morgan fingerprint density at radius 2 is 1.96 bits per heavy atom. The molecule has 0 amide bonds. The van der Waals surface area contributed by atoms with E-state index in [0.717, 1.165) is 56.2 Å². The van der Waals surface area contributed by atoms with Crippen molar-refractivity contribution in [3.8, 4) is 16.9 Å². The number of nitrogens with zero attached hydrogens (tertiary/aromatic N) is 3. The summed E-state index contributed by atoms with van der Waals surface area (Å²) in [7, 11) is 0. The van der Waals surface area contributed by atoms with Crippen LogP contribution in [0, 0.1) is 11.7 Å². The maximum absolute atomic E-state index is 15.2. The third-order valence-electron chi connectivity index (χ3n) is 9.22. The summed E-state index contributed by atoms with van der Waals surface area (Å²) < 4.78 is 16.8. The number of aromatic nitrogens is 3. The lowest BCUT2D eigenvalue weighted by molar-refractivity contribution is 0.302. The lowest BCUT2D eigenvalue weighted by atomic mass is 9.91. The van der Waals surface area contributed by atoms with Crippen molar-refractivity contribution in [3.63, 3.8) is 0 Å². The van der Waals surface area contributed by atoms with Gasteiger partial charge in [-0.15, -0.1) is 0 Å². The predicted molar refractivity (Wildman–Crippen MR) is 181 cm³/mol. The number of H-pyrrole nitrogens is 1. The first-order chi connectivity index (χ1) is 21.6. The number of halogens is 2. The Balaban J connectivity index is 1.18. The molecule has 1 aliphatic heterocycles. The topological polar surface area (TPSA) is 127 Å². The SMILES string of the molecule is CC(N)=N[C@@H](C)C[C@@H]1CCC[C@@H](c2ccc(-n3cc4cc(-c5cc(CCCC(N)C6CC6)cc(Cl)c5F)[nH]c4nc3=O)cc2)N1. The van der Waals surface area contributed by atoms with Gasteiger partial charge in [-0.2, -0.15) is 4.98 Å². The number of hydrogen-bond donors (Lipinski definition) is 4. The number of piperidine rings is 1. The number of fused-ring (bicyclic) bond motifs is 1. The molecule has 3 heterocycles. The molecule has 0 bridgehead atoms. The van der Waals surface area contributed by atoms with Crippen LogP contribution in [0.1, 0.15) is 82.4 Å². The van der Waals surface area contributed by atoms with Crippen LogP contribution < -0.4 is 22.5 Å². The molecule has 1 unspecified atom stereocenters. The van der Waals surface area contributed by atoms with E-state index < -0.39 is 11.5 Å². The summed E-state index contributed by atoms with van der Waals surface area (Å²) in [5.41, 5.74) is 15.8. The Hall–Kier alpha value is -3.53. The molecule has 4 aromatic rings. The second kappa shape index (κ2) is 13.4. The average molecular weight is 632 g/mol.